The van der Waals surface area contributed by atoms with Crippen molar-refractivity contribution in [2.24, 2.45) is 0 Å². The summed E-state index contributed by atoms with van der Waals surface area (Å²) in [5.41, 5.74) is 0. The summed E-state index contributed by atoms with van der Waals surface area (Å²) < 4.78 is 22.5. The number of unbranched alkanes of at least 4 members (excludes halogenated alkanes) is 6. The molecule has 69 heavy (non-hydrogen) atoms. The van der Waals surface area contributed by atoms with Gasteiger partial charge in [-0.05, 0) is 109 Å². The zero-order valence-electron chi connectivity index (χ0n) is 43.6. The molecule has 0 heterocycles. The average Bonchev–Trinajstić information content (AvgIpc) is 3.31. The first kappa shape index (κ1) is 64.2. The Bertz CT molecular complexity index is 1630. The molecular weight excluding hydrogens is 863 g/mol. The minimum atomic E-state index is -1.65. The van der Waals surface area contributed by atoms with E-state index < -0.39 is 30.3 Å². The van der Waals surface area contributed by atoms with Crippen molar-refractivity contribution in [2.75, 3.05) is 47.5 Å². The highest BCUT2D eigenvalue weighted by molar-refractivity contribution is 5.70. The number of carbonyl (C=O) groups is 3. The predicted octanol–water partition coefficient (Wildman–Crippen LogP) is 13.6. The fraction of sp³-hybridized carbons (Fsp3) is 0.550. The van der Waals surface area contributed by atoms with Gasteiger partial charge in [0, 0.05) is 12.8 Å². The summed E-state index contributed by atoms with van der Waals surface area (Å²) in [6, 6.07) is 0. The number of quaternary nitrogens is 1. The topological polar surface area (TPSA) is 111 Å². The van der Waals surface area contributed by atoms with Gasteiger partial charge in [-0.15, -0.1) is 0 Å². The highest BCUT2D eigenvalue weighted by Crippen LogP contribution is 2.11. The van der Waals surface area contributed by atoms with Crippen LogP contribution < -0.4 is 5.11 Å². The molecule has 0 amide bonds. The van der Waals surface area contributed by atoms with Gasteiger partial charge in [0.1, 0.15) is 13.2 Å². The van der Waals surface area contributed by atoms with Crippen LogP contribution in [0.5, 0.6) is 0 Å². The van der Waals surface area contributed by atoms with E-state index in [1.54, 1.807) is 0 Å². The monoisotopic (exact) mass is 956 g/mol. The summed E-state index contributed by atoms with van der Waals surface area (Å²) in [5, 5.41) is 11.7. The number of likely N-dealkylation sites (N-methyl/N-ethyl adjacent to an activating group) is 1. The first-order chi connectivity index (χ1) is 33.6. The molecule has 0 aromatic carbocycles. The third kappa shape index (κ3) is 50.9. The Kier molecular flexibility index (Phi) is 46.1. The van der Waals surface area contributed by atoms with Gasteiger partial charge in [0.15, 0.2) is 12.4 Å². The van der Waals surface area contributed by atoms with Crippen LogP contribution in [0, 0.1) is 0 Å². The van der Waals surface area contributed by atoms with Crippen LogP contribution in [-0.4, -0.2) is 82.3 Å². The minimum absolute atomic E-state index is 0.124. The first-order valence-electron chi connectivity index (χ1n) is 26.0. The van der Waals surface area contributed by atoms with E-state index in [2.05, 4.69) is 154 Å². The molecule has 0 N–H and O–H groups in total. The molecule has 2 atom stereocenters. The van der Waals surface area contributed by atoms with Gasteiger partial charge < -0.3 is 33.3 Å². The molecule has 0 saturated heterocycles. The van der Waals surface area contributed by atoms with Crippen LogP contribution in [0.25, 0.3) is 0 Å². The molecule has 0 aromatic rings. The van der Waals surface area contributed by atoms with Crippen molar-refractivity contribution in [2.45, 2.75) is 167 Å². The lowest BCUT2D eigenvalue weighted by molar-refractivity contribution is -0.870. The zero-order chi connectivity index (χ0) is 50.6. The molecule has 0 spiro atoms. The molecule has 0 aliphatic rings. The number of aliphatic carboxylic acids is 1. The predicted molar refractivity (Wildman–Crippen MR) is 287 cm³/mol. The van der Waals surface area contributed by atoms with Gasteiger partial charge in [-0.2, -0.15) is 0 Å². The van der Waals surface area contributed by atoms with Gasteiger partial charge in [0.05, 0.1) is 40.3 Å². The van der Waals surface area contributed by atoms with E-state index in [-0.39, 0.29) is 32.7 Å². The lowest BCUT2D eigenvalue weighted by Crippen LogP contribution is -2.44. The Balaban J connectivity index is 4.53. The number of nitrogens with zero attached hydrogens (tertiary/aromatic N) is 1. The summed E-state index contributed by atoms with van der Waals surface area (Å²) in [6.45, 7) is 4.39. The van der Waals surface area contributed by atoms with Crippen LogP contribution in [0.2, 0.25) is 0 Å². The van der Waals surface area contributed by atoms with E-state index in [4.69, 9.17) is 18.9 Å². The second-order valence-electron chi connectivity index (χ2n) is 17.7. The Hall–Kier alpha value is -4.83. The molecule has 0 radical (unpaired) electrons. The molecule has 0 aliphatic carbocycles. The molecule has 0 aliphatic heterocycles. The summed E-state index contributed by atoms with van der Waals surface area (Å²) in [4.78, 5) is 37.2. The number of hydrogen-bond acceptors (Lipinski definition) is 8. The number of hydrogen-bond donors (Lipinski definition) is 0. The van der Waals surface area contributed by atoms with E-state index in [9.17, 15) is 19.5 Å². The lowest BCUT2D eigenvalue weighted by Gasteiger charge is -2.26. The molecule has 0 bridgehead atoms. The van der Waals surface area contributed by atoms with E-state index in [0.29, 0.717) is 30.3 Å². The van der Waals surface area contributed by atoms with E-state index in [1.807, 2.05) is 27.2 Å². The molecule has 0 aromatic heterocycles. The maximum atomic E-state index is 12.8. The molecule has 0 fully saturated rings. The third-order valence-corrected chi connectivity index (χ3v) is 10.1. The lowest BCUT2D eigenvalue weighted by atomic mass is 10.1. The SMILES string of the molecule is CC/C=C\C/C=C\C/C=C\C/C=C\C/C=C\C/C=C\C/C=C\CCCC(=O)OC(COC(=O)CCCCCCC/C=C\C/C=C\C/C=C\C/C=C\C/C=C\CC)COC(OCC[N+](C)(C)C)C(=O)[O-]. The fourth-order valence-corrected chi connectivity index (χ4v) is 6.14. The molecule has 9 nitrogen and oxygen atoms in total. The van der Waals surface area contributed by atoms with Crippen LogP contribution in [0.15, 0.2) is 146 Å². The van der Waals surface area contributed by atoms with Crippen LogP contribution >= 0.6 is 0 Å². The van der Waals surface area contributed by atoms with Gasteiger partial charge >= 0.3 is 11.9 Å². The molecule has 9 heteroatoms. The van der Waals surface area contributed by atoms with Gasteiger partial charge in [0.25, 0.3) is 0 Å². The Labute approximate surface area is 420 Å². The number of carboxylic acid groups (broad SMARTS) is 1. The normalized spacial score (nSPS) is 14.0. The van der Waals surface area contributed by atoms with Crippen molar-refractivity contribution in [3.05, 3.63) is 146 Å². The standard InChI is InChI=1S/C60H93NO8/c1-6-8-10-12-14-16-18-20-22-24-26-28-29-31-33-35-37-39-41-43-45-47-49-51-58(63)69-56(55-68-60(59(64)65)66-53-52-61(3,4)5)54-67-57(62)50-48-46-44-42-40-38-36-34-32-30-27-25-23-21-19-17-15-13-11-9-7-2/h8-11,14-17,20-23,26-28,30-31,33-34,36-37,39,43,45,56,60H,6-7,12-13,18-19,24-25,29,32,35,38,40-42,44,46-55H2,1-5H3/b10-8-,11-9-,16-14-,17-15-,22-20-,23-21-,28-26-,30-27-,33-31-,36-34-,39-37-,45-43-. The van der Waals surface area contributed by atoms with Crippen molar-refractivity contribution in [3.8, 4) is 0 Å². The number of allylic oxidation sites excluding steroid dienone is 24. The number of carboxylic acids is 1. The summed E-state index contributed by atoms with van der Waals surface area (Å²) in [6.07, 6.45) is 68.9. The third-order valence-electron chi connectivity index (χ3n) is 10.1. The highest BCUT2D eigenvalue weighted by atomic mass is 16.7. The summed E-state index contributed by atoms with van der Waals surface area (Å²) in [7, 11) is 5.87. The zero-order valence-corrected chi connectivity index (χ0v) is 43.6. The number of carbonyl (C=O) groups excluding carboxylic acids is 3. The van der Waals surface area contributed by atoms with Crippen molar-refractivity contribution >= 4 is 17.9 Å². The van der Waals surface area contributed by atoms with Gasteiger partial charge in [-0.1, -0.05) is 179 Å². The highest BCUT2D eigenvalue weighted by Gasteiger charge is 2.21. The Morgan fingerprint density at radius 1 is 0.435 bits per heavy atom. The summed E-state index contributed by atoms with van der Waals surface area (Å²) in [5.74, 6) is -2.42. The Morgan fingerprint density at radius 2 is 0.797 bits per heavy atom. The molecule has 2 unspecified atom stereocenters. The van der Waals surface area contributed by atoms with Crippen molar-refractivity contribution < 1.29 is 42.9 Å². The van der Waals surface area contributed by atoms with Crippen LogP contribution in [-0.2, 0) is 33.3 Å². The van der Waals surface area contributed by atoms with Crippen LogP contribution in [0.4, 0.5) is 0 Å². The smallest absolute Gasteiger partial charge is 0.306 e. The van der Waals surface area contributed by atoms with E-state index >= 15 is 0 Å². The van der Waals surface area contributed by atoms with Crippen molar-refractivity contribution in [1.82, 2.24) is 0 Å². The molecule has 0 saturated carbocycles. The van der Waals surface area contributed by atoms with E-state index in [1.165, 1.54) is 0 Å². The van der Waals surface area contributed by atoms with Crippen LogP contribution in [0.1, 0.15) is 155 Å². The van der Waals surface area contributed by atoms with Crippen molar-refractivity contribution in [3.63, 3.8) is 0 Å². The van der Waals surface area contributed by atoms with Gasteiger partial charge in [0.2, 0.25) is 0 Å². The maximum Gasteiger partial charge on any atom is 0.306 e. The number of rotatable bonds is 45. The largest absolute Gasteiger partial charge is 0.545 e. The first-order valence-corrected chi connectivity index (χ1v) is 26.0. The molecule has 386 valence electrons. The number of esters is 2. The summed E-state index contributed by atoms with van der Waals surface area (Å²) >= 11 is 0. The van der Waals surface area contributed by atoms with Gasteiger partial charge in [-0.25, -0.2) is 0 Å². The van der Waals surface area contributed by atoms with E-state index in [0.717, 1.165) is 109 Å². The fourth-order valence-electron chi connectivity index (χ4n) is 6.14. The van der Waals surface area contributed by atoms with Gasteiger partial charge in [-0.3, -0.25) is 9.59 Å². The average molecular weight is 956 g/mol. The minimum Gasteiger partial charge on any atom is -0.545 e. The molecule has 0 rings (SSSR count). The van der Waals surface area contributed by atoms with Crippen molar-refractivity contribution in [1.29, 1.82) is 0 Å². The molecular formula is C60H93NO8. The second kappa shape index (κ2) is 49.6. The second-order valence-corrected chi connectivity index (χ2v) is 17.7. The Morgan fingerprint density at radius 3 is 1.20 bits per heavy atom. The quantitative estimate of drug-likeness (QED) is 0.0195. The maximum absolute atomic E-state index is 12.8. The number of ether oxygens (including phenoxy) is 4. The van der Waals surface area contributed by atoms with Crippen LogP contribution in [0.3, 0.4) is 0 Å².